The van der Waals surface area contributed by atoms with Gasteiger partial charge < -0.3 is 10.4 Å². The van der Waals surface area contributed by atoms with E-state index in [0.717, 1.165) is 18.5 Å². The predicted octanol–water partition coefficient (Wildman–Crippen LogP) is 2.90. The fourth-order valence-corrected chi connectivity index (χ4v) is 3.00. The zero-order valence-electron chi connectivity index (χ0n) is 12.0. The lowest BCUT2D eigenvalue weighted by Gasteiger charge is -2.39. The predicted molar refractivity (Wildman–Crippen MR) is 75.7 cm³/mol. The summed E-state index contributed by atoms with van der Waals surface area (Å²) in [6, 6.07) is 6.48. The molecule has 1 aromatic rings. The van der Waals surface area contributed by atoms with Crippen LogP contribution in [0.15, 0.2) is 18.2 Å². The molecule has 0 aromatic heterocycles. The molecular formula is C16H25NO. The number of nitrogens with one attached hydrogen (secondary N) is 1. The van der Waals surface area contributed by atoms with Gasteiger partial charge in [-0.2, -0.15) is 0 Å². The summed E-state index contributed by atoms with van der Waals surface area (Å²) in [6.45, 7) is 9.38. The second kappa shape index (κ2) is 5.02. The monoisotopic (exact) mass is 247 g/mol. The summed E-state index contributed by atoms with van der Waals surface area (Å²) in [4.78, 5) is 0. The molecule has 1 heterocycles. The molecule has 0 aliphatic carbocycles. The maximum Gasteiger partial charge on any atom is 0.102 e. The first-order valence-electron chi connectivity index (χ1n) is 6.94. The summed E-state index contributed by atoms with van der Waals surface area (Å²) in [7, 11) is 0. The standard InChI is InChI=1S/C16H25NO/c1-11-5-6-13(3)14(9-11)16(4,18)15-10-12(2)7-8-17-15/h5-6,9,12,15,17-18H,7-8,10H2,1-4H3. The quantitative estimate of drug-likeness (QED) is 0.842. The van der Waals surface area contributed by atoms with Crippen LogP contribution in [0.25, 0.3) is 0 Å². The van der Waals surface area contributed by atoms with Gasteiger partial charge in [-0.15, -0.1) is 0 Å². The zero-order chi connectivity index (χ0) is 13.3. The topological polar surface area (TPSA) is 32.3 Å². The lowest BCUT2D eigenvalue weighted by atomic mass is 9.78. The van der Waals surface area contributed by atoms with Crippen molar-refractivity contribution in [1.82, 2.24) is 5.32 Å². The van der Waals surface area contributed by atoms with Gasteiger partial charge in [0.05, 0.1) is 0 Å². The maximum atomic E-state index is 11.0. The van der Waals surface area contributed by atoms with E-state index in [9.17, 15) is 5.11 Å². The number of aliphatic hydroxyl groups is 1. The Hall–Kier alpha value is -0.860. The Kier molecular flexibility index (Phi) is 3.79. The van der Waals surface area contributed by atoms with E-state index >= 15 is 0 Å². The molecular weight excluding hydrogens is 222 g/mol. The van der Waals surface area contributed by atoms with E-state index in [1.807, 2.05) is 6.92 Å². The van der Waals surface area contributed by atoms with Gasteiger partial charge in [0, 0.05) is 6.04 Å². The second-order valence-corrected chi connectivity index (χ2v) is 6.10. The lowest BCUT2D eigenvalue weighted by Crippen LogP contribution is -2.51. The average Bonchev–Trinajstić information content (AvgIpc) is 2.32. The summed E-state index contributed by atoms with van der Waals surface area (Å²) in [5.74, 6) is 0.688. The van der Waals surface area contributed by atoms with E-state index in [4.69, 9.17) is 0 Å². The molecule has 18 heavy (non-hydrogen) atoms. The third-order valence-corrected chi connectivity index (χ3v) is 4.28. The van der Waals surface area contributed by atoms with Crippen LogP contribution in [0.1, 0.15) is 43.4 Å². The van der Waals surface area contributed by atoms with Gasteiger partial charge in [-0.25, -0.2) is 0 Å². The van der Waals surface area contributed by atoms with Crippen molar-refractivity contribution in [3.8, 4) is 0 Å². The van der Waals surface area contributed by atoms with Crippen LogP contribution in [0.2, 0.25) is 0 Å². The van der Waals surface area contributed by atoms with E-state index in [1.54, 1.807) is 0 Å². The summed E-state index contributed by atoms with van der Waals surface area (Å²) < 4.78 is 0. The normalized spacial score (nSPS) is 27.8. The molecule has 0 amide bonds. The minimum atomic E-state index is -0.787. The van der Waals surface area contributed by atoms with Crippen molar-refractivity contribution < 1.29 is 5.11 Å². The molecule has 0 spiro atoms. The molecule has 1 aromatic carbocycles. The van der Waals surface area contributed by atoms with E-state index in [2.05, 4.69) is 44.3 Å². The molecule has 0 bridgehead atoms. The van der Waals surface area contributed by atoms with Crippen molar-refractivity contribution in [2.24, 2.45) is 5.92 Å². The SMILES string of the molecule is Cc1ccc(C)c(C(C)(O)C2CC(C)CCN2)c1. The Bertz CT molecular complexity index is 425. The van der Waals surface area contributed by atoms with Crippen molar-refractivity contribution >= 4 is 0 Å². The Morgan fingerprint density at radius 3 is 2.72 bits per heavy atom. The highest BCUT2D eigenvalue weighted by Gasteiger charge is 2.37. The summed E-state index contributed by atoms with van der Waals surface area (Å²) in [6.07, 6.45) is 2.25. The van der Waals surface area contributed by atoms with Crippen molar-refractivity contribution in [1.29, 1.82) is 0 Å². The first-order chi connectivity index (χ1) is 8.41. The molecule has 2 N–H and O–H groups in total. The first-order valence-corrected chi connectivity index (χ1v) is 6.94. The number of aryl methyl sites for hydroxylation is 2. The number of hydrogen-bond donors (Lipinski definition) is 2. The molecule has 1 saturated heterocycles. The van der Waals surface area contributed by atoms with E-state index in [-0.39, 0.29) is 6.04 Å². The Morgan fingerprint density at radius 1 is 1.33 bits per heavy atom. The van der Waals surface area contributed by atoms with Crippen molar-refractivity contribution in [3.05, 3.63) is 34.9 Å². The smallest absolute Gasteiger partial charge is 0.102 e. The summed E-state index contributed by atoms with van der Waals surface area (Å²) in [5, 5.41) is 14.5. The van der Waals surface area contributed by atoms with E-state index < -0.39 is 5.60 Å². The molecule has 1 aliphatic rings. The molecule has 100 valence electrons. The van der Waals surface area contributed by atoms with Crippen LogP contribution in [-0.4, -0.2) is 17.7 Å². The molecule has 1 aliphatic heterocycles. The minimum absolute atomic E-state index is 0.154. The van der Waals surface area contributed by atoms with Crippen LogP contribution < -0.4 is 5.32 Å². The van der Waals surface area contributed by atoms with Gasteiger partial charge in [-0.05, 0) is 57.2 Å². The molecule has 3 unspecified atom stereocenters. The highest BCUT2D eigenvalue weighted by molar-refractivity contribution is 5.35. The van der Waals surface area contributed by atoms with Gasteiger partial charge in [0.15, 0.2) is 0 Å². The van der Waals surface area contributed by atoms with Crippen LogP contribution >= 0.6 is 0 Å². The van der Waals surface area contributed by atoms with Crippen molar-refractivity contribution in [3.63, 3.8) is 0 Å². The first kappa shape index (κ1) is 13.6. The van der Waals surface area contributed by atoms with Gasteiger partial charge in [-0.3, -0.25) is 0 Å². The molecule has 3 atom stereocenters. The molecule has 2 rings (SSSR count). The fraction of sp³-hybridized carbons (Fsp3) is 0.625. The highest BCUT2D eigenvalue weighted by atomic mass is 16.3. The van der Waals surface area contributed by atoms with Gasteiger partial charge in [0.1, 0.15) is 5.60 Å². The molecule has 2 heteroatoms. The van der Waals surface area contributed by atoms with Crippen LogP contribution in [-0.2, 0) is 5.60 Å². The van der Waals surface area contributed by atoms with Crippen LogP contribution in [0.3, 0.4) is 0 Å². The largest absolute Gasteiger partial charge is 0.384 e. The number of benzene rings is 1. The van der Waals surface area contributed by atoms with Crippen LogP contribution in [0.4, 0.5) is 0 Å². The van der Waals surface area contributed by atoms with E-state index in [1.165, 1.54) is 17.5 Å². The van der Waals surface area contributed by atoms with Gasteiger partial charge in [-0.1, -0.05) is 30.7 Å². The molecule has 0 saturated carbocycles. The van der Waals surface area contributed by atoms with Gasteiger partial charge >= 0.3 is 0 Å². The zero-order valence-corrected chi connectivity index (χ0v) is 12.0. The van der Waals surface area contributed by atoms with Crippen molar-refractivity contribution in [2.75, 3.05) is 6.54 Å². The third-order valence-electron chi connectivity index (χ3n) is 4.28. The third kappa shape index (κ3) is 2.60. The number of piperidine rings is 1. The Labute approximate surface area is 110 Å². The van der Waals surface area contributed by atoms with Crippen LogP contribution in [0, 0.1) is 19.8 Å². The molecule has 0 radical (unpaired) electrons. The van der Waals surface area contributed by atoms with Gasteiger partial charge in [0.25, 0.3) is 0 Å². The molecule has 2 nitrogen and oxygen atoms in total. The Balaban J connectivity index is 2.31. The van der Waals surface area contributed by atoms with Gasteiger partial charge in [0.2, 0.25) is 0 Å². The number of rotatable bonds is 2. The number of hydrogen-bond acceptors (Lipinski definition) is 2. The van der Waals surface area contributed by atoms with Crippen LogP contribution in [0.5, 0.6) is 0 Å². The fourth-order valence-electron chi connectivity index (χ4n) is 3.00. The van der Waals surface area contributed by atoms with E-state index in [0.29, 0.717) is 5.92 Å². The lowest BCUT2D eigenvalue weighted by molar-refractivity contribution is -0.00196. The summed E-state index contributed by atoms with van der Waals surface area (Å²) >= 11 is 0. The molecule has 1 fully saturated rings. The minimum Gasteiger partial charge on any atom is -0.384 e. The Morgan fingerprint density at radius 2 is 2.06 bits per heavy atom. The highest BCUT2D eigenvalue weighted by Crippen LogP contribution is 2.33. The second-order valence-electron chi connectivity index (χ2n) is 6.10. The maximum absolute atomic E-state index is 11.0. The van der Waals surface area contributed by atoms with Crippen molar-refractivity contribution in [2.45, 2.75) is 52.2 Å². The summed E-state index contributed by atoms with van der Waals surface area (Å²) in [5.41, 5.74) is 2.66. The average molecular weight is 247 g/mol.